The predicted molar refractivity (Wildman–Crippen MR) is 112 cm³/mol. The normalized spacial score (nSPS) is 11.8. The molecule has 0 saturated carbocycles. The van der Waals surface area contributed by atoms with Gasteiger partial charge in [-0.25, -0.2) is 4.68 Å². The van der Waals surface area contributed by atoms with Crippen molar-refractivity contribution in [2.75, 3.05) is 24.4 Å². The third-order valence-corrected chi connectivity index (χ3v) is 5.34. The van der Waals surface area contributed by atoms with Crippen molar-refractivity contribution < 1.29 is 9.53 Å². The first-order chi connectivity index (χ1) is 13.5. The largest absolute Gasteiger partial charge is 0.497 e. The fourth-order valence-electron chi connectivity index (χ4n) is 2.80. The van der Waals surface area contributed by atoms with Crippen LogP contribution in [0.15, 0.2) is 59.8 Å². The number of amides is 1. The number of benzene rings is 2. The molecule has 0 aliphatic heterocycles. The van der Waals surface area contributed by atoms with Gasteiger partial charge in [0, 0.05) is 17.8 Å². The van der Waals surface area contributed by atoms with E-state index < -0.39 is 0 Å². The average Bonchev–Trinajstić information content (AvgIpc) is 3.09. The second-order valence-corrected chi connectivity index (χ2v) is 7.39. The quantitative estimate of drug-likeness (QED) is 0.487. The van der Waals surface area contributed by atoms with E-state index in [1.807, 2.05) is 68.4 Å². The van der Waals surface area contributed by atoms with Crippen LogP contribution in [0.1, 0.15) is 13.8 Å². The van der Waals surface area contributed by atoms with Crippen LogP contribution in [-0.4, -0.2) is 39.7 Å². The van der Waals surface area contributed by atoms with Gasteiger partial charge in [0.25, 0.3) is 0 Å². The number of carbonyl (C=O) groups is 1. The molecule has 1 amide bonds. The monoisotopic (exact) mass is 397 g/mol. The van der Waals surface area contributed by atoms with Gasteiger partial charge in [-0.05, 0) is 50.2 Å². The maximum absolute atomic E-state index is 12.9. The molecule has 2 aromatic carbocycles. The average molecular weight is 398 g/mol. The van der Waals surface area contributed by atoms with Gasteiger partial charge in [-0.1, -0.05) is 30.0 Å². The maximum atomic E-state index is 12.9. The Hall–Kier alpha value is -3.00. The molecule has 7 nitrogen and oxygen atoms in total. The molecule has 0 spiro atoms. The molecule has 0 bridgehead atoms. The molecule has 3 aromatic rings. The first kappa shape index (κ1) is 19.8. The third kappa shape index (κ3) is 4.12. The number of nitrogens with zero attached hydrogens (tertiary/aromatic N) is 4. The van der Waals surface area contributed by atoms with Gasteiger partial charge in [0.2, 0.25) is 11.1 Å². The number of thioether (sulfide) groups is 1. The zero-order chi connectivity index (χ0) is 20.1. The smallest absolute Gasteiger partial charge is 0.240 e. The molecule has 1 unspecified atom stereocenters. The van der Waals surface area contributed by atoms with Gasteiger partial charge in [-0.3, -0.25) is 4.79 Å². The summed E-state index contributed by atoms with van der Waals surface area (Å²) < 4.78 is 6.58. The van der Waals surface area contributed by atoms with Gasteiger partial charge in [-0.2, -0.15) is 0 Å². The number of nitrogens with two attached hydrogens (primary N) is 1. The van der Waals surface area contributed by atoms with Crippen molar-refractivity contribution in [3.8, 4) is 17.1 Å². The van der Waals surface area contributed by atoms with Crippen molar-refractivity contribution in [3.05, 3.63) is 54.6 Å². The molecule has 3 rings (SSSR count). The SMILES string of the molecule is CCN(C(=O)C(C)Sc1nnc(-c2ccc(OC)cc2)n1N)c1ccccc1. The highest BCUT2D eigenvalue weighted by molar-refractivity contribution is 8.00. The maximum Gasteiger partial charge on any atom is 0.240 e. The van der Waals surface area contributed by atoms with E-state index in [2.05, 4.69) is 10.2 Å². The van der Waals surface area contributed by atoms with Crippen molar-refractivity contribution in [3.63, 3.8) is 0 Å². The van der Waals surface area contributed by atoms with Crippen LogP contribution >= 0.6 is 11.8 Å². The Labute approximate surface area is 168 Å². The molecule has 2 N–H and O–H groups in total. The number of para-hydroxylation sites is 1. The zero-order valence-electron chi connectivity index (χ0n) is 16.1. The number of aromatic nitrogens is 3. The number of anilines is 1. The van der Waals surface area contributed by atoms with Crippen LogP contribution in [0.4, 0.5) is 5.69 Å². The van der Waals surface area contributed by atoms with Crippen molar-refractivity contribution in [2.45, 2.75) is 24.3 Å². The molecule has 146 valence electrons. The number of carbonyl (C=O) groups excluding carboxylic acids is 1. The highest BCUT2D eigenvalue weighted by atomic mass is 32.2. The Bertz CT molecular complexity index is 928. The number of ether oxygens (including phenoxy) is 1. The van der Waals surface area contributed by atoms with Crippen molar-refractivity contribution in [2.24, 2.45) is 0 Å². The Morgan fingerprint density at radius 1 is 1.18 bits per heavy atom. The molecule has 1 aromatic heterocycles. The number of rotatable bonds is 7. The molecule has 0 aliphatic carbocycles. The molecule has 0 saturated heterocycles. The Morgan fingerprint density at radius 3 is 2.46 bits per heavy atom. The minimum atomic E-state index is -0.365. The molecule has 8 heteroatoms. The van der Waals surface area contributed by atoms with E-state index in [9.17, 15) is 4.79 Å². The molecule has 0 fully saturated rings. The van der Waals surface area contributed by atoms with Crippen molar-refractivity contribution in [1.29, 1.82) is 0 Å². The highest BCUT2D eigenvalue weighted by Crippen LogP contribution is 2.27. The minimum Gasteiger partial charge on any atom is -0.497 e. The Kier molecular flexibility index (Phi) is 6.20. The number of hydrogen-bond acceptors (Lipinski definition) is 6. The van der Waals surface area contributed by atoms with E-state index in [0.717, 1.165) is 17.0 Å². The fraction of sp³-hybridized carbons (Fsp3) is 0.250. The number of hydrogen-bond donors (Lipinski definition) is 1. The van der Waals surface area contributed by atoms with Crippen LogP contribution in [-0.2, 0) is 4.79 Å². The van der Waals surface area contributed by atoms with Gasteiger partial charge in [0.1, 0.15) is 5.75 Å². The summed E-state index contributed by atoms with van der Waals surface area (Å²) in [5.41, 5.74) is 1.69. The third-order valence-electron chi connectivity index (χ3n) is 4.29. The van der Waals surface area contributed by atoms with Crippen molar-refractivity contribution in [1.82, 2.24) is 14.9 Å². The minimum absolute atomic E-state index is 0.00676. The van der Waals surface area contributed by atoms with Crippen LogP contribution in [0.2, 0.25) is 0 Å². The van der Waals surface area contributed by atoms with E-state index >= 15 is 0 Å². The first-order valence-electron chi connectivity index (χ1n) is 8.93. The molecular weight excluding hydrogens is 374 g/mol. The van der Waals surface area contributed by atoms with Crippen LogP contribution in [0.5, 0.6) is 5.75 Å². The topological polar surface area (TPSA) is 86.3 Å². The summed E-state index contributed by atoms with van der Waals surface area (Å²) in [6.45, 7) is 4.38. The van der Waals surface area contributed by atoms with E-state index in [1.54, 1.807) is 12.0 Å². The van der Waals surface area contributed by atoms with Gasteiger partial charge in [-0.15, -0.1) is 10.2 Å². The van der Waals surface area contributed by atoms with E-state index in [-0.39, 0.29) is 11.2 Å². The molecular formula is C20H23N5O2S. The lowest BCUT2D eigenvalue weighted by molar-refractivity contribution is -0.117. The summed E-state index contributed by atoms with van der Waals surface area (Å²) in [5, 5.41) is 8.46. The molecule has 1 atom stereocenters. The molecule has 0 radical (unpaired) electrons. The standard InChI is InChI=1S/C20H23N5O2S/c1-4-24(16-8-6-5-7-9-16)19(26)14(2)28-20-23-22-18(25(20)21)15-10-12-17(27-3)13-11-15/h5-14H,4,21H2,1-3H3. The summed E-state index contributed by atoms with van der Waals surface area (Å²) in [6.07, 6.45) is 0. The number of methoxy groups -OCH3 is 1. The predicted octanol–water partition coefficient (Wildman–Crippen LogP) is 3.20. The summed E-state index contributed by atoms with van der Waals surface area (Å²) in [4.78, 5) is 14.7. The van der Waals surface area contributed by atoms with Crippen LogP contribution in [0.3, 0.4) is 0 Å². The summed E-state index contributed by atoms with van der Waals surface area (Å²) in [6, 6.07) is 17.0. The van der Waals surface area contributed by atoms with E-state index in [4.69, 9.17) is 10.6 Å². The summed E-state index contributed by atoms with van der Waals surface area (Å²) in [7, 11) is 1.61. The van der Waals surface area contributed by atoms with E-state index in [1.165, 1.54) is 16.4 Å². The molecule has 28 heavy (non-hydrogen) atoms. The molecule has 0 aliphatic rings. The van der Waals surface area contributed by atoms with Gasteiger partial charge < -0.3 is 15.5 Å². The van der Waals surface area contributed by atoms with Crippen LogP contribution in [0.25, 0.3) is 11.4 Å². The fourth-order valence-corrected chi connectivity index (χ4v) is 3.63. The van der Waals surface area contributed by atoms with Crippen LogP contribution < -0.4 is 15.5 Å². The molecule has 1 heterocycles. The summed E-state index contributed by atoms with van der Waals surface area (Å²) >= 11 is 1.29. The Morgan fingerprint density at radius 2 is 1.86 bits per heavy atom. The second kappa shape index (κ2) is 8.79. The van der Waals surface area contributed by atoms with Crippen LogP contribution in [0, 0.1) is 0 Å². The second-order valence-electron chi connectivity index (χ2n) is 6.08. The number of nitrogen functional groups attached to an aromatic ring is 1. The van der Waals surface area contributed by atoms with Gasteiger partial charge in [0.05, 0.1) is 12.4 Å². The zero-order valence-corrected chi connectivity index (χ0v) is 16.9. The first-order valence-corrected chi connectivity index (χ1v) is 9.81. The highest BCUT2D eigenvalue weighted by Gasteiger charge is 2.24. The summed E-state index contributed by atoms with van der Waals surface area (Å²) in [5.74, 6) is 7.46. The van der Waals surface area contributed by atoms with E-state index in [0.29, 0.717) is 17.5 Å². The lowest BCUT2D eigenvalue weighted by atomic mass is 10.2. The van der Waals surface area contributed by atoms with Gasteiger partial charge >= 0.3 is 0 Å². The van der Waals surface area contributed by atoms with Gasteiger partial charge in [0.15, 0.2) is 5.82 Å². The lowest BCUT2D eigenvalue weighted by Gasteiger charge is -2.24. The van der Waals surface area contributed by atoms with Crippen molar-refractivity contribution >= 4 is 23.4 Å². The Balaban J connectivity index is 1.76. The lowest BCUT2D eigenvalue weighted by Crippen LogP contribution is -2.36.